The summed E-state index contributed by atoms with van der Waals surface area (Å²) in [5.41, 5.74) is 0. The second-order valence-electron chi connectivity index (χ2n) is 3.59. The van der Waals surface area contributed by atoms with Crippen LogP contribution in [-0.4, -0.2) is 22.7 Å². The molecular formula is C12H13N3O2S. The quantitative estimate of drug-likeness (QED) is 0.897. The molecule has 0 saturated carbocycles. The summed E-state index contributed by atoms with van der Waals surface area (Å²) in [7, 11) is 0. The lowest BCUT2D eigenvalue weighted by molar-refractivity contribution is -0.114. The Morgan fingerprint density at radius 3 is 2.83 bits per heavy atom. The van der Waals surface area contributed by atoms with Crippen LogP contribution in [0.25, 0.3) is 0 Å². The Kier molecular flexibility index (Phi) is 4.25. The van der Waals surface area contributed by atoms with Crippen LogP contribution >= 0.6 is 11.3 Å². The molecule has 5 nitrogen and oxygen atoms in total. The second kappa shape index (κ2) is 6.11. The van der Waals surface area contributed by atoms with Crippen LogP contribution in [0.15, 0.2) is 30.3 Å². The summed E-state index contributed by atoms with van der Waals surface area (Å²) in [6.45, 7) is 1.98. The lowest BCUT2D eigenvalue weighted by atomic mass is 10.3. The molecule has 18 heavy (non-hydrogen) atoms. The summed E-state index contributed by atoms with van der Waals surface area (Å²) >= 11 is 1.36. The van der Waals surface area contributed by atoms with Crippen molar-refractivity contribution in [1.29, 1.82) is 0 Å². The van der Waals surface area contributed by atoms with Crippen LogP contribution in [0, 0.1) is 0 Å². The molecular weight excluding hydrogens is 250 g/mol. The van der Waals surface area contributed by atoms with Crippen molar-refractivity contribution in [3.05, 3.63) is 35.3 Å². The van der Waals surface area contributed by atoms with Gasteiger partial charge in [-0.3, -0.25) is 4.79 Å². The predicted molar refractivity (Wildman–Crippen MR) is 69.9 cm³/mol. The van der Waals surface area contributed by atoms with Gasteiger partial charge in [0.2, 0.25) is 11.0 Å². The molecule has 0 aliphatic heterocycles. The average Bonchev–Trinajstić information content (AvgIpc) is 2.77. The van der Waals surface area contributed by atoms with Gasteiger partial charge in [0.25, 0.3) is 0 Å². The normalized spacial score (nSPS) is 10.1. The van der Waals surface area contributed by atoms with Crippen LogP contribution < -0.4 is 10.1 Å². The van der Waals surface area contributed by atoms with Crippen LogP contribution in [0.3, 0.4) is 0 Å². The van der Waals surface area contributed by atoms with Gasteiger partial charge in [0.05, 0.1) is 6.61 Å². The molecule has 2 rings (SSSR count). The van der Waals surface area contributed by atoms with E-state index in [0.29, 0.717) is 18.2 Å². The van der Waals surface area contributed by atoms with Crippen molar-refractivity contribution in [2.24, 2.45) is 0 Å². The van der Waals surface area contributed by atoms with Crippen molar-refractivity contribution < 1.29 is 9.53 Å². The minimum Gasteiger partial charge on any atom is -0.493 e. The Labute approximate surface area is 109 Å². The molecule has 0 aliphatic carbocycles. The molecule has 0 saturated heterocycles. The number of nitrogens with one attached hydrogen (secondary N) is 1. The molecule has 0 bridgehead atoms. The van der Waals surface area contributed by atoms with E-state index in [-0.39, 0.29) is 5.91 Å². The Morgan fingerprint density at radius 1 is 1.33 bits per heavy atom. The zero-order valence-corrected chi connectivity index (χ0v) is 10.7. The van der Waals surface area contributed by atoms with Gasteiger partial charge in [0.1, 0.15) is 10.8 Å². The number of carbonyl (C=O) groups is 1. The van der Waals surface area contributed by atoms with Crippen molar-refractivity contribution >= 4 is 22.4 Å². The SMILES string of the molecule is CC(=O)Nc1nnc(CCOc2ccccc2)s1. The molecule has 0 unspecified atom stereocenters. The fraction of sp³-hybridized carbons (Fsp3) is 0.250. The van der Waals surface area contributed by atoms with E-state index in [1.165, 1.54) is 18.3 Å². The van der Waals surface area contributed by atoms with E-state index in [2.05, 4.69) is 15.5 Å². The number of benzene rings is 1. The first-order valence-corrected chi connectivity index (χ1v) is 6.33. The number of nitrogens with zero attached hydrogens (tertiary/aromatic N) is 2. The molecule has 1 aromatic carbocycles. The third-order valence-electron chi connectivity index (χ3n) is 2.08. The van der Waals surface area contributed by atoms with E-state index in [0.717, 1.165) is 10.8 Å². The van der Waals surface area contributed by atoms with Gasteiger partial charge in [0, 0.05) is 13.3 Å². The van der Waals surface area contributed by atoms with Gasteiger partial charge in [0.15, 0.2) is 0 Å². The first-order chi connectivity index (χ1) is 8.74. The van der Waals surface area contributed by atoms with E-state index in [1.807, 2.05) is 30.3 Å². The third-order valence-corrected chi connectivity index (χ3v) is 2.98. The average molecular weight is 263 g/mol. The van der Waals surface area contributed by atoms with Gasteiger partial charge < -0.3 is 10.1 Å². The summed E-state index contributed by atoms with van der Waals surface area (Å²) in [6.07, 6.45) is 0.673. The van der Waals surface area contributed by atoms with E-state index in [4.69, 9.17) is 4.74 Å². The largest absolute Gasteiger partial charge is 0.493 e. The van der Waals surface area contributed by atoms with Crippen molar-refractivity contribution in [2.45, 2.75) is 13.3 Å². The molecule has 1 N–H and O–H groups in total. The van der Waals surface area contributed by atoms with E-state index in [1.54, 1.807) is 0 Å². The van der Waals surface area contributed by atoms with Gasteiger partial charge in [-0.2, -0.15) is 0 Å². The van der Waals surface area contributed by atoms with Gasteiger partial charge >= 0.3 is 0 Å². The fourth-order valence-corrected chi connectivity index (χ4v) is 2.10. The second-order valence-corrected chi connectivity index (χ2v) is 4.66. The number of rotatable bonds is 5. The molecule has 0 radical (unpaired) electrons. The molecule has 1 aromatic heterocycles. The van der Waals surface area contributed by atoms with Gasteiger partial charge in [-0.05, 0) is 12.1 Å². The molecule has 0 fully saturated rings. The highest BCUT2D eigenvalue weighted by molar-refractivity contribution is 7.15. The first-order valence-electron chi connectivity index (χ1n) is 5.52. The molecule has 0 spiro atoms. The predicted octanol–water partition coefficient (Wildman–Crippen LogP) is 2.12. The molecule has 1 heterocycles. The number of carbonyl (C=O) groups excluding carboxylic acids is 1. The Hall–Kier alpha value is -1.95. The highest BCUT2D eigenvalue weighted by atomic mass is 32.1. The van der Waals surface area contributed by atoms with Crippen LogP contribution in [0.4, 0.5) is 5.13 Å². The van der Waals surface area contributed by atoms with Gasteiger partial charge in [-0.15, -0.1) is 10.2 Å². The Balaban J connectivity index is 1.80. The highest BCUT2D eigenvalue weighted by Gasteiger charge is 2.05. The van der Waals surface area contributed by atoms with Crippen molar-refractivity contribution in [3.63, 3.8) is 0 Å². The van der Waals surface area contributed by atoms with Crippen molar-refractivity contribution in [3.8, 4) is 5.75 Å². The Morgan fingerprint density at radius 2 is 2.11 bits per heavy atom. The fourth-order valence-electron chi connectivity index (χ4n) is 1.33. The number of para-hydroxylation sites is 1. The van der Waals surface area contributed by atoms with E-state index < -0.39 is 0 Å². The molecule has 2 aromatic rings. The van der Waals surface area contributed by atoms with Gasteiger partial charge in [-0.25, -0.2) is 0 Å². The maximum Gasteiger partial charge on any atom is 0.223 e. The molecule has 0 atom stereocenters. The monoisotopic (exact) mass is 263 g/mol. The third kappa shape index (κ3) is 3.81. The number of anilines is 1. The molecule has 0 aliphatic rings. The first kappa shape index (κ1) is 12.5. The van der Waals surface area contributed by atoms with E-state index in [9.17, 15) is 4.79 Å². The lowest BCUT2D eigenvalue weighted by Gasteiger charge is -2.03. The van der Waals surface area contributed by atoms with E-state index >= 15 is 0 Å². The standard InChI is InChI=1S/C12H13N3O2S/c1-9(16)13-12-15-14-11(18-12)7-8-17-10-5-3-2-4-6-10/h2-6H,7-8H2,1H3,(H,13,15,16). The number of amides is 1. The Bertz CT molecular complexity index is 513. The molecule has 6 heteroatoms. The number of hydrogen-bond acceptors (Lipinski definition) is 5. The molecule has 94 valence electrons. The summed E-state index contributed by atoms with van der Waals surface area (Å²) < 4.78 is 5.55. The smallest absolute Gasteiger partial charge is 0.223 e. The van der Waals surface area contributed by atoms with Gasteiger partial charge in [-0.1, -0.05) is 29.5 Å². The summed E-state index contributed by atoms with van der Waals surface area (Å²) in [4.78, 5) is 10.8. The summed E-state index contributed by atoms with van der Waals surface area (Å²) in [6, 6.07) is 9.60. The number of hydrogen-bond donors (Lipinski definition) is 1. The lowest BCUT2D eigenvalue weighted by Crippen LogP contribution is -2.04. The number of aromatic nitrogens is 2. The zero-order valence-electron chi connectivity index (χ0n) is 9.92. The summed E-state index contributed by atoms with van der Waals surface area (Å²) in [5.74, 6) is 0.697. The maximum atomic E-state index is 10.8. The highest BCUT2D eigenvalue weighted by Crippen LogP contribution is 2.16. The van der Waals surface area contributed by atoms with Crippen LogP contribution in [0.1, 0.15) is 11.9 Å². The zero-order chi connectivity index (χ0) is 12.8. The summed E-state index contributed by atoms with van der Waals surface area (Å²) in [5, 5.41) is 11.8. The van der Waals surface area contributed by atoms with Crippen molar-refractivity contribution in [2.75, 3.05) is 11.9 Å². The topological polar surface area (TPSA) is 64.1 Å². The molecule has 1 amide bonds. The minimum atomic E-state index is -0.141. The number of ether oxygens (including phenoxy) is 1. The maximum absolute atomic E-state index is 10.8. The van der Waals surface area contributed by atoms with Crippen LogP contribution in [0.5, 0.6) is 5.75 Å². The minimum absolute atomic E-state index is 0.141. The van der Waals surface area contributed by atoms with Crippen molar-refractivity contribution in [1.82, 2.24) is 10.2 Å². The van der Waals surface area contributed by atoms with Crippen LogP contribution in [-0.2, 0) is 11.2 Å². The van der Waals surface area contributed by atoms with Crippen LogP contribution in [0.2, 0.25) is 0 Å².